The van der Waals surface area contributed by atoms with Crippen LogP contribution in [0.3, 0.4) is 0 Å². The molecule has 2 rings (SSSR count). The Labute approximate surface area is 79.6 Å². The predicted octanol–water partition coefficient (Wildman–Crippen LogP) is 2.07. The molecule has 1 aromatic carbocycles. The van der Waals surface area contributed by atoms with Gasteiger partial charge in [0.15, 0.2) is 0 Å². The molecule has 0 fully saturated rings. The summed E-state index contributed by atoms with van der Waals surface area (Å²) < 4.78 is 0. The highest BCUT2D eigenvalue weighted by atomic mass is 14.2. The zero-order valence-electron chi connectivity index (χ0n) is 8.59. The van der Waals surface area contributed by atoms with Crippen LogP contribution in [0.1, 0.15) is 27.2 Å². The van der Waals surface area contributed by atoms with Gasteiger partial charge in [-0.2, -0.15) is 0 Å². The number of benzene rings is 1. The van der Waals surface area contributed by atoms with Gasteiger partial charge in [-0.25, -0.2) is 0 Å². The normalized spacial score (nSPS) is 21.6. The molecule has 0 saturated carbocycles. The molecule has 0 saturated heterocycles. The molecule has 0 bridgehead atoms. The lowest BCUT2D eigenvalue weighted by Gasteiger charge is -2.18. The van der Waals surface area contributed by atoms with Crippen molar-refractivity contribution in [3.63, 3.8) is 0 Å². The van der Waals surface area contributed by atoms with Gasteiger partial charge in [0.1, 0.15) is 0 Å². The second-order valence-corrected chi connectivity index (χ2v) is 4.11. The second-order valence-electron chi connectivity index (χ2n) is 4.11. The summed E-state index contributed by atoms with van der Waals surface area (Å²) in [4.78, 5) is 0. The summed E-state index contributed by atoms with van der Waals surface area (Å²) in [6, 6.07) is 8.74. The topological polar surface area (TPSA) is 0 Å². The fraction of sp³-hybridized carbons (Fsp3) is 0.385. The van der Waals surface area contributed by atoms with Crippen LogP contribution >= 0.6 is 0 Å². The van der Waals surface area contributed by atoms with Crippen molar-refractivity contribution in [1.29, 1.82) is 0 Å². The first-order chi connectivity index (χ1) is 6.20. The fourth-order valence-corrected chi connectivity index (χ4v) is 2.19. The van der Waals surface area contributed by atoms with Crippen LogP contribution in [0.4, 0.5) is 0 Å². The molecule has 1 aliphatic rings. The van der Waals surface area contributed by atoms with E-state index in [-0.39, 0.29) is 0 Å². The third kappa shape index (κ3) is 1.31. The molecule has 1 unspecified atom stereocenters. The first-order valence-electron chi connectivity index (χ1n) is 4.96. The van der Waals surface area contributed by atoms with Gasteiger partial charge in [0, 0.05) is 0 Å². The Morgan fingerprint density at radius 1 is 1.08 bits per heavy atom. The maximum Gasteiger partial charge on any atom is -0.0188 e. The van der Waals surface area contributed by atoms with E-state index in [2.05, 4.69) is 45.0 Å². The Hall–Kier alpha value is -1.04. The average molecular weight is 172 g/mol. The van der Waals surface area contributed by atoms with Gasteiger partial charge in [-0.15, -0.1) is 0 Å². The standard InChI is InChI=1S/C13H16/c1-9-8-10(2)12-6-4-5-7-13(12)11(9)3/h4-7,9H,8H2,1-3H3. The molecule has 1 aliphatic carbocycles. The quantitative estimate of drug-likeness (QED) is 0.562. The third-order valence-corrected chi connectivity index (χ3v) is 3.16. The third-order valence-electron chi connectivity index (χ3n) is 3.16. The van der Waals surface area contributed by atoms with Crippen LogP contribution in [0.2, 0.25) is 0 Å². The first-order valence-corrected chi connectivity index (χ1v) is 4.96. The van der Waals surface area contributed by atoms with E-state index >= 15 is 0 Å². The highest BCUT2D eigenvalue weighted by Crippen LogP contribution is 2.20. The molecular weight excluding hydrogens is 156 g/mol. The molecule has 0 N–H and O–H groups in total. The molecule has 0 heteroatoms. The van der Waals surface area contributed by atoms with Crippen LogP contribution in [-0.2, 0) is 0 Å². The SMILES string of the molecule is CC1=c2ccccc2=C(C)C(C)C1. The largest absolute Gasteiger partial charge is 0.0649 e. The molecule has 0 radical (unpaired) electrons. The van der Waals surface area contributed by atoms with Crippen molar-refractivity contribution in [2.45, 2.75) is 27.2 Å². The Balaban J connectivity index is 2.91. The minimum Gasteiger partial charge on any atom is -0.0649 e. The van der Waals surface area contributed by atoms with E-state index < -0.39 is 0 Å². The maximum absolute atomic E-state index is 2.31. The molecular formula is C13H16. The highest BCUT2D eigenvalue weighted by Gasteiger charge is 2.11. The highest BCUT2D eigenvalue weighted by molar-refractivity contribution is 5.57. The van der Waals surface area contributed by atoms with Crippen LogP contribution in [0, 0.1) is 5.92 Å². The molecule has 0 spiro atoms. The Morgan fingerprint density at radius 2 is 1.69 bits per heavy atom. The number of rotatable bonds is 0. The van der Waals surface area contributed by atoms with Crippen molar-refractivity contribution in [2.24, 2.45) is 5.92 Å². The Bertz CT molecular complexity index is 437. The molecule has 1 aromatic rings. The van der Waals surface area contributed by atoms with Gasteiger partial charge < -0.3 is 0 Å². The van der Waals surface area contributed by atoms with Crippen LogP contribution in [0.25, 0.3) is 11.1 Å². The summed E-state index contributed by atoms with van der Waals surface area (Å²) in [7, 11) is 0. The molecule has 0 nitrogen and oxygen atoms in total. The van der Waals surface area contributed by atoms with Gasteiger partial charge in [-0.1, -0.05) is 42.3 Å². The smallest absolute Gasteiger partial charge is 0.0188 e. The lowest BCUT2D eigenvalue weighted by Crippen LogP contribution is -2.33. The lowest BCUT2D eigenvalue weighted by atomic mass is 9.87. The minimum atomic E-state index is 0.717. The molecule has 68 valence electrons. The van der Waals surface area contributed by atoms with Gasteiger partial charge in [0.25, 0.3) is 0 Å². The summed E-state index contributed by atoms with van der Waals surface area (Å²) in [5, 5.41) is 2.91. The van der Waals surface area contributed by atoms with Crippen molar-refractivity contribution < 1.29 is 0 Å². The van der Waals surface area contributed by atoms with Gasteiger partial charge in [0.2, 0.25) is 0 Å². The summed E-state index contributed by atoms with van der Waals surface area (Å²) in [5.41, 5.74) is 3.08. The van der Waals surface area contributed by atoms with E-state index in [0.717, 1.165) is 5.92 Å². The number of fused-ring (bicyclic) bond motifs is 1. The number of hydrogen-bond donors (Lipinski definition) is 0. The Morgan fingerprint density at radius 3 is 2.38 bits per heavy atom. The monoisotopic (exact) mass is 172 g/mol. The van der Waals surface area contributed by atoms with Crippen molar-refractivity contribution in [2.75, 3.05) is 0 Å². The van der Waals surface area contributed by atoms with Crippen molar-refractivity contribution >= 4 is 11.1 Å². The van der Waals surface area contributed by atoms with E-state index in [9.17, 15) is 0 Å². The van der Waals surface area contributed by atoms with Crippen LogP contribution in [0.15, 0.2) is 24.3 Å². The molecule has 13 heavy (non-hydrogen) atoms. The minimum absolute atomic E-state index is 0.717. The summed E-state index contributed by atoms with van der Waals surface area (Å²) in [6.07, 6.45) is 1.23. The zero-order valence-corrected chi connectivity index (χ0v) is 8.59. The van der Waals surface area contributed by atoms with E-state index in [1.54, 1.807) is 5.57 Å². The van der Waals surface area contributed by atoms with Gasteiger partial charge in [-0.3, -0.25) is 0 Å². The summed E-state index contributed by atoms with van der Waals surface area (Å²) in [5.74, 6) is 0.717. The van der Waals surface area contributed by atoms with Crippen LogP contribution < -0.4 is 10.4 Å². The van der Waals surface area contributed by atoms with Crippen LogP contribution in [-0.4, -0.2) is 0 Å². The molecule has 1 atom stereocenters. The fourth-order valence-electron chi connectivity index (χ4n) is 2.19. The second kappa shape index (κ2) is 3.02. The van der Waals surface area contributed by atoms with Crippen molar-refractivity contribution in [1.82, 2.24) is 0 Å². The van der Waals surface area contributed by atoms with E-state index in [0.29, 0.717) is 0 Å². The van der Waals surface area contributed by atoms with Gasteiger partial charge in [-0.05, 0) is 36.6 Å². The van der Waals surface area contributed by atoms with E-state index in [4.69, 9.17) is 0 Å². The first kappa shape index (κ1) is 8.55. The maximum atomic E-state index is 2.31. The average Bonchev–Trinajstić information content (AvgIpc) is 2.15. The molecule has 0 aliphatic heterocycles. The molecule has 0 amide bonds. The van der Waals surface area contributed by atoms with Crippen molar-refractivity contribution in [3.05, 3.63) is 34.7 Å². The lowest BCUT2D eigenvalue weighted by molar-refractivity contribution is 0.749. The zero-order chi connectivity index (χ0) is 9.42. The summed E-state index contributed by atoms with van der Waals surface area (Å²) >= 11 is 0. The van der Waals surface area contributed by atoms with Gasteiger partial charge >= 0.3 is 0 Å². The molecule has 0 aromatic heterocycles. The number of hydrogen-bond acceptors (Lipinski definition) is 0. The summed E-state index contributed by atoms with van der Waals surface area (Å²) in [6.45, 7) is 6.83. The predicted molar refractivity (Wildman–Crippen MR) is 57.6 cm³/mol. The van der Waals surface area contributed by atoms with E-state index in [1.807, 2.05) is 0 Å². The molecule has 0 heterocycles. The van der Waals surface area contributed by atoms with E-state index in [1.165, 1.54) is 22.4 Å². The van der Waals surface area contributed by atoms with Gasteiger partial charge in [0.05, 0.1) is 0 Å². The van der Waals surface area contributed by atoms with Crippen LogP contribution in [0.5, 0.6) is 0 Å². The Kier molecular flexibility index (Phi) is 1.99. The van der Waals surface area contributed by atoms with Crippen molar-refractivity contribution in [3.8, 4) is 0 Å².